The van der Waals surface area contributed by atoms with Gasteiger partial charge in [-0.15, -0.1) is 0 Å². The van der Waals surface area contributed by atoms with E-state index in [9.17, 15) is 15.0 Å². The molecule has 7 rings (SSSR count). The van der Waals surface area contributed by atoms with Gasteiger partial charge in [0.25, 0.3) is 0 Å². The van der Waals surface area contributed by atoms with Crippen molar-refractivity contribution in [2.24, 2.45) is 5.92 Å². The van der Waals surface area contributed by atoms with Gasteiger partial charge in [-0.3, -0.25) is 9.59 Å². The Balaban J connectivity index is 1.39. The molecule has 0 saturated heterocycles. The Morgan fingerprint density at radius 1 is 0.672 bits per heavy atom. The van der Waals surface area contributed by atoms with Crippen LogP contribution in [0.3, 0.4) is 0 Å². The van der Waals surface area contributed by atoms with Gasteiger partial charge in [0.1, 0.15) is 47.7 Å². The minimum Gasteiger partial charge on any atom is -0.507 e. The standard InChI is InChI=1S/C56H54O8/c1-36(2)21-23-41-29-48(51(59)32-52(41)61-4)56(60)55-45(43-25-24-42(63-34-39-17-11-7-12-18-39)30-54(43)64-35-40-19-13-8-14-20-40)27-37(3)28-46(55)44-31-47(50(58)33-53(44)62-5)49(57)26-22-38-15-9-6-10-16-38/h6-22,24-26,28-33,45-46,55,58-59H,23,27,34-35H2,1-5H3/b26-22+. The van der Waals surface area contributed by atoms with E-state index in [-0.39, 0.29) is 35.0 Å². The highest BCUT2D eigenvalue weighted by Gasteiger charge is 2.43. The van der Waals surface area contributed by atoms with Gasteiger partial charge in [-0.05, 0) is 85.7 Å². The van der Waals surface area contributed by atoms with Crippen molar-refractivity contribution >= 4 is 17.6 Å². The van der Waals surface area contributed by atoms with Crippen molar-refractivity contribution in [3.05, 3.63) is 207 Å². The smallest absolute Gasteiger partial charge is 0.189 e. The zero-order chi connectivity index (χ0) is 45.2. The first-order chi connectivity index (χ1) is 31.0. The van der Waals surface area contributed by atoms with Crippen LogP contribution in [0.5, 0.6) is 34.5 Å². The highest BCUT2D eigenvalue weighted by molar-refractivity contribution is 6.09. The summed E-state index contributed by atoms with van der Waals surface area (Å²) in [5.74, 6) is -1.33. The molecule has 64 heavy (non-hydrogen) atoms. The summed E-state index contributed by atoms with van der Waals surface area (Å²) in [7, 11) is 3.04. The summed E-state index contributed by atoms with van der Waals surface area (Å²) in [6.07, 6.45) is 8.17. The second kappa shape index (κ2) is 20.7. The second-order valence-corrected chi connectivity index (χ2v) is 16.4. The second-order valence-electron chi connectivity index (χ2n) is 16.4. The maximum atomic E-state index is 15.7. The molecule has 3 atom stereocenters. The monoisotopic (exact) mass is 854 g/mol. The molecule has 0 aliphatic heterocycles. The van der Waals surface area contributed by atoms with Gasteiger partial charge < -0.3 is 29.2 Å². The van der Waals surface area contributed by atoms with E-state index in [0.717, 1.165) is 39.0 Å². The predicted molar refractivity (Wildman–Crippen MR) is 252 cm³/mol. The molecule has 0 spiro atoms. The van der Waals surface area contributed by atoms with E-state index in [2.05, 4.69) is 0 Å². The summed E-state index contributed by atoms with van der Waals surface area (Å²) in [5, 5.41) is 23.0. The van der Waals surface area contributed by atoms with Gasteiger partial charge in [0.2, 0.25) is 0 Å². The fourth-order valence-corrected chi connectivity index (χ4v) is 8.35. The average Bonchev–Trinajstić information content (AvgIpc) is 3.31. The molecule has 3 unspecified atom stereocenters. The number of hydrogen-bond donors (Lipinski definition) is 2. The summed E-state index contributed by atoms with van der Waals surface area (Å²) >= 11 is 0. The largest absolute Gasteiger partial charge is 0.507 e. The predicted octanol–water partition coefficient (Wildman–Crippen LogP) is 12.4. The molecular formula is C56H54O8. The van der Waals surface area contributed by atoms with Gasteiger partial charge in [0.05, 0.1) is 25.3 Å². The van der Waals surface area contributed by atoms with Gasteiger partial charge in [-0.25, -0.2) is 0 Å². The van der Waals surface area contributed by atoms with Crippen LogP contribution in [0.2, 0.25) is 0 Å². The zero-order valence-corrected chi connectivity index (χ0v) is 36.9. The number of carbonyl (C=O) groups excluding carboxylic acids is 2. The van der Waals surface area contributed by atoms with Crippen LogP contribution >= 0.6 is 0 Å². The normalized spacial score (nSPS) is 15.8. The molecule has 0 bridgehead atoms. The van der Waals surface area contributed by atoms with E-state index < -0.39 is 23.5 Å². The van der Waals surface area contributed by atoms with Crippen LogP contribution in [0.4, 0.5) is 0 Å². The van der Waals surface area contributed by atoms with Crippen LogP contribution in [0, 0.1) is 5.92 Å². The van der Waals surface area contributed by atoms with E-state index in [0.29, 0.717) is 48.0 Å². The van der Waals surface area contributed by atoms with E-state index >= 15 is 4.79 Å². The lowest BCUT2D eigenvalue weighted by molar-refractivity contribution is 0.0876. The Bertz CT molecular complexity index is 2680. The fourth-order valence-electron chi connectivity index (χ4n) is 8.35. The van der Waals surface area contributed by atoms with Crippen molar-refractivity contribution in [1.82, 2.24) is 0 Å². The number of allylic oxidation sites excluding steroid dienone is 5. The molecule has 0 radical (unpaired) electrons. The first-order valence-electron chi connectivity index (χ1n) is 21.4. The molecule has 0 amide bonds. The van der Waals surface area contributed by atoms with Crippen LogP contribution in [0.25, 0.3) is 6.08 Å². The maximum absolute atomic E-state index is 15.7. The first kappa shape index (κ1) is 44.7. The summed E-state index contributed by atoms with van der Waals surface area (Å²) in [6, 6.07) is 41.2. The molecule has 2 N–H and O–H groups in total. The number of hydrogen-bond acceptors (Lipinski definition) is 8. The number of ketones is 2. The van der Waals surface area contributed by atoms with Crippen LogP contribution in [-0.2, 0) is 19.6 Å². The van der Waals surface area contributed by atoms with E-state index in [1.54, 1.807) is 18.2 Å². The summed E-state index contributed by atoms with van der Waals surface area (Å²) < 4.78 is 24.6. The number of aromatic hydroxyl groups is 2. The molecule has 6 aromatic carbocycles. The number of phenols is 2. The van der Waals surface area contributed by atoms with Crippen LogP contribution in [0.1, 0.15) is 93.1 Å². The van der Waals surface area contributed by atoms with Gasteiger partial charge in [0, 0.05) is 41.5 Å². The summed E-state index contributed by atoms with van der Waals surface area (Å²) in [6.45, 7) is 6.64. The van der Waals surface area contributed by atoms with Gasteiger partial charge >= 0.3 is 0 Å². The molecule has 0 fully saturated rings. The molecule has 1 aliphatic rings. The zero-order valence-electron chi connectivity index (χ0n) is 36.9. The molecule has 0 heterocycles. The van der Waals surface area contributed by atoms with Crippen molar-refractivity contribution < 1.29 is 38.7 Å². The Morgan fingerprint density at radius 3 is 1.92 bits per heavy atom. The molecular weight excluding hydrogens is 801 g/mol. The number of carbonyl (C=O) groups is 2. The molecule has 1 aliphatic carbocycles. The number of Topliss-reactive ketones (excluding diaryl/α,β-unsaturated/α-hetero) is 1. The van der Waals surface area contributed by atoms with Crippen molar-refractivity contribution in [3.63, 3.8) is 0 Å². The van der Waals surface area contributed by atoms with Crippen LogP contribution < -0.4 is 18.9 Å². The molecule has 0 saturated carbocycles. The average molecular weight is 855 g/mol. The molecule has 6 aromatic rings. The van der Waals surface area contributed by atoms with Crippen molar-refractivity contribution in [3.8, 4) is 34.5 Å². The third-order valence-corrected chi connectivity index (χ3v) is 11.6. The number of methoxy groups -OCH3 is 2. The molecule has 326 valence electrons. The van der Waals surface area contributed by atoms with Crippen LogP contribution in [0.15, 0.2) is 163 Å². The molecule has 8 nitrogen and oxygen atoms in total. The Kier molecular flexibility index (Phi) is 14.5. The minimum atomic E-state index is -0.865. The lowest BCUT2D eigenvalue weighted by Gasteiger charge is -2.38. The molecule has 8 heteroatoms. The lowest BCUT2D eigenvalue weighted by Crippen LogP contribution is -2.32. The third-order valence-electron chi connectivity index (χ3n) is 11.6. The lowest BCUT2D eigenvalue weighted by atomic mass is 9.65. The highest BCUT2D eigenvalue weighted by Crippen LogP contribution is 2.52. The van der Waals surface area contributed by atoms with E-state index in [4.69, 9.17) is 18.9 Å². The van der Waals surface area contributed by atoms with Crippen LogP contribution in [-0.4, -0.2) is 36.0 Å². The quantitative estimate of drug-likeness (QED) is 0.0530. The van der Waals surface area contributed by atoms with E-state index in [1.165, 1.54) is 32.4 Å². The Morgan fingerprint density at radius 2 is 1.28 bits per heavy atom. The first-order valence-corrected chi connectivity index (χ1v) is 21.4. The van der Waals surface area contributed by atoms with Gasteiger partial charge in [-0.1, -0.05) is 126 Å². The third kappa shape index (κ3) is 10.6. The SMILES string of the molecule is COc1cc(O)c(C(=O)C2C(c3cc(C(=O)/C=C/c4ccccc4)c(O)cc3OC)C=C(C)CC2c2ccc(OCc3ccccc3)cc2OCc2ccccc2)cc1CC=C(C)C. The van der Waals surface area contributed by atoms with Crippen molar-refractivity contribution in [2.45, 2.75) is 58.7 Å². The van der Waals surface area contributed by atoms with E-state index in [1.807, 2.05) is 142 Å². The number of phenolic OH excluding ortho intramolecular Hbond substituents is 2. The van der Waals surface area contributed by atoms with Gasteiger partial charge in [0.15, 0.2) is 11.6 Å². The number of benzene rings is 6. The summed E-state index contributed by atoms with van der Waals surface area (Å²) in [4.78, 5) is 29.5. The Labute approximate surface area is 375 Å². The Hall–Kier alpha value is -7.32. The number of rotatable bonds is 17. The topological polar surface area (TPSA) is 112 Å². The maximum Gasteiger partial charge on any atom is 0.189 e. The molecule has 0 aromatic heterocycles. The van der Waals surface area contributed by atoms with Crippen molar-refractivity contribution in [1.29, 1.82) is 0 Å². The van der Waals surface area contributed by atoms with Gasteiger partial charge in [-0.2, -0.15) is 0 Å². The number of ether oxygens (including phenoxy) is 4. The summed E-state index contributed by atoms with van der Waals surface area (Å²) in [5.41, 5.74) is 7.15. The van der Waals surface area contributed by atoms with Crippen molar-refractivity contribution in [2.75, 3.05) is 14.2 Å². The highest BCUT2D eigenvalue weighted by atomic mass is 16.5. The fraction of sp³-hybridized carbons (Fsp3) is 0.214. The minimum absolute atomic E-state index is 0.0606.